The van der Waals surface area contributed by atoms with Crippen molar-refractivity contribution >= 4 is 17.4 Å². The van der Waals surface area contributed by atoms with Gasteiger partial charge in [0.2, 0.25) is 5.91 Å². The standard InChI is InChI=1S/C17H16N2O2/c1-11-8-14(6-7-18-11)19-17(21)13-9-12-4-2-3-5-15(12)16(20)10-13/h2-8,13H,9-10H2,1H3,(H,18,19,21). The monoisotopic (exact) mass is 280 g/mol. The summed E-state index contributed by atoms with van der Waals surface area (Å²) in [6.07, 6.45) is 2.54. The molecule has 4 heteroatoms. The molecule has 106 valence electrons. The SMILES string of the molecule is Cc1cc(NC(=O)C2CC(=O)c3ccccc3C2)ccn1. The Morgan fingerprint density at radius 2 is 2.05 bits per heavy atom. The minimum Gasteiger partial charge on any atom is -0.326 e. The van der Waals surface area contributed by atoms with Crippen molar-refractivity contribution in [3.63, 3.8) is 0 Å². The maximum Gasteiger partial charge on any atom is 0.228 e. The van der Waals surface area contributed by atoms with Crippen LogP contribution in [0.15, 0.2) is 42.6 Å². The molecule has 1 aromatic heterocycles. The summed E-state index contributed by atoms with van der Waals surface area (Å²) >= 11 is 0. The molecule has 0 radical (unpaired) electrons. The predicted molar refractivity (Wildman–Crippen MR) is 80.2 cm³/mol. The first kappa shape index (κ1) is 13.5. The van der Waals surface area contributed by atoms with Crippen molar-refractivity contribution < 1.29 is 9.59 Å². The summed E-state index contributed by atoms with van der Waals surface area (Å²) in [5.41, 5.74) is 3.28. The average molecular weight is 280 g/mol. The highest BCUT2D eigenvalue weighted by Gasteiger charge is 2.29. The van der Waals surface area contributed by atoms with Gasteiger partial charge in [-0.3, -0.25) is 14.6 Å². The van der Waals surface area contributed by atoms with Gasteiger partial charge in [-0.05, 0) is 31.0 Å². The highest BCUT2D eigenvalue weighted by molar-refractivity contribution is 6.03. The minimum atomic E-state index is -0.305. The number of hydrogen-bond donors (Lipinski definition) is 1. The number of fused-ring (bicyclic) bond motifs is 1. The van der Waals surface area contributed by atoms with Gasteiger partial charge in [0, 0.05) is 35.5 Å². The molecule has 1 aliphatic rings. The van der Waals surface area contributed by atoms with E-state index in [2.05, 4.69) is 10.3 Å². The molecule has 0 spiro atoms. The Hall–Kier alpha value is -2.49. The second kappa shape index (κ2) is 5.48. The molecule has 1 unspecified atom stereocenters. The van der Waals surface area contributed by atoms with E-state index in [0.29, 0.717) is 6.42 Å². The van der Waals surface area contributed by atoms with Gasteiger partial charge in [0.05, 0.1) is 0 Å². The lowest BCUT2D eigenvalue weighted by atomic mass is 9.82. The third-order valence-electron chi connectivity index (χ3n) is 3.75. The first-order valence-electron chi connectivity index (χ1n) is 6.98. The highest BCUT2D eigenvalue weighted by atomic mass is 16.2. The number of aryl methyl sites for hydroxylation is 1. The van der Waals surface area contributed by atoms with Crippen LogP contribution in [0.2, 0.25) is 0 Å². The topological polar surface area (TPSA) is 59.1 Å². The first-order chi connectivity index (χ1) is 10.1. The largest absolute Gasteiger partial charge is 0.326 e. The van der Waals surface area contributed by atoms with E-state index in [1.165, 1.54) is 0 Å². The number of carbonyl (C=O) groups is 2. The number of aromatic nitrogens is 1. The quantitative estimate of drug-likeness (QED) is 0.920. The molecule has 21 heavy (non-hydrogen) atoms. The number of nitrogens with one attached hydrogen (secondary N) is 1. The number of carbonyl (C=O) groups excluding carboxylic acids is 2. The summed E-state index contributed by atoms with van der Waals surface area (Å²) in [6.45, 7) is 1.87. The zero-order valence-corrected chi connectivity index (χ0v) is 11.8. The molecule has 2 aromatic rings. The lowest BCUT2D eigenvalue weighted by molar-refractivity contribution is -0.119. The van der Waals surface area contributed by atoms with Crippen molar-refractivity contribution in [3.05, 3.63) is 59.4 Å². The summed E-state index contributed by atoms with van der Waals surface area (Å²) in [5, 5.41) is 2.87. The van der Waals surface area contributed by atoms with Gasteiger partial charge in [-0.2, -0.15) is 0 Å². The van der Waals surface area contributed by atoms with E-state index in [-0.39, 0.29) is 24.0 Å². The van der Waals surface area contributed by atoms with Crippen molar-refractivity contribution in [3.8, 4) is 0 Å². The number of hydrogen-bond acceptors (Lipinski definition) is 3. The maximum atomic E-state index is 12.4. The van der Waals surface area contributed by atoms with Crippen LogP contribution in [0, 0.1) is 12.8 Å². The van der Waals surface area contributed by atoms with Crippen LogP contribution in [0.4, 0.5) is 5.69 Å². The Bertz CT molecular complexity index is 709. The molecule has 0 fully saturated rings. The molecule has 1 heterocycles. The van der Waals surface area contributed by atoms with E-state index in [9.17, 15) is 9.59 Å². The fourth-order valence-electron chi connectivity index (χ4n) is 2.69. The molecule has 1 aromatic carbocycles. The number of ketones is 1. The Morgan fingerprint density at radius 1 is 1.24 bits per heavy atom. The van der Waals surface area contributed by atoms with Crippen molar-refractivity contribution in [1.29, 1.82) is 0 Å². The van der Waals surface area contributed by atoms with E-state index in [4.69, 9.17) is 0 Å². The van der Waals surface area contributed by atoms with E-state index in [1.54, 1.807) is 12.3 Å². The highest BCUT2D eigenvalue weighted by Crippen LogP contribution is 2.26. The number of amides is 1. The van der Waals surface area contributed by atoms with Crippen molar-refractivity contribution in [2.45, 2.75) is 19.8 Å². The Labute approximate surface area is 123 Å². The molecule has 1 aliphatic carbocycles. The Kier molecular flexibility index (Phi) is 3.52. The van der Waals surface area contributed by atoms with Crippen LogP contribution in [0.25, 0.3) is 0 Å². The van der Waals surface area contributed by atoms with Crippen LogP contribution in [0.3, 0.4) is 0 Å². The third kappa shape index (κ3) is 2.84. The zero-order valence-electron chi connectivity index (χ0n) is 11.8. The van der Waals surface area contributed by atoms with Crippen LogP contribution in [-0.4, -0.2) is 16.7 Å². The third-order valence-corrected chi connectivity index (χ3v) is 3.75. The molecule has 0 saturated carbocycles. The number of nitrogens with zero attached hydrogens (tertiary/aromatic N) is 1. The summed E-state index contributed by atoms with van der Waals surface area (Å²) < 4.78 is 0. The molecule has 1 atom stereocenters. The fourth-order valence-corrected chi connectivity index (χ4v) is 2.69. The molecular formula is C17H16N2O2. The van der Waals surface area contributed by atoms with Gasteiger partial charge in [0.1, 0.15) is 0 Å². The van der Waals surface area contributed by atoms with Crippen molar-refractivity contribution in [2.24, 2.45) is 5.92 Å². The molecule has 0 saturated heterocycles. The van der Waals surface area contributed by atoms with Gasteiger partial charge in [-0.15, -0.1) is 0 Å². The number of anilines is 1. The lowest BCUT2D eigenvalue weighted by Gasteiger charge is -2.22. The Balaban J connectivity index is 1.76. The molecule has 1 amide bonds. The van der Waals surface area contributed by atoms with Gasteiger partial charge in [0.15, 0.2) is 5.78 Å². The van der Waals surface area contributed by atoms with Crippen LogP contribution < -0.4 is 5.32 Å². The van der Waals surface area contributed by atoms with Crippen LogP contribution in [0.1, 0.15) is 28.0 Å². The number of benzene rings is 1. The van der Waals surface area contributed by atoms with Crippen LogP contribution in [-0.2, 0) is 11.2 Å². The van der Waals surface area contributed by atoms with Gasteiger partial charge in [-0.25, -0.2) is 0 Å². The molecular weight excluding hydrogens is 264 g/mol. The fraction of sp³-hybridized carbons (Fsp3) is 0.235. The van der Waals surface area contributed by atoms with E-state index >= 15 is 0 Å². The van der Waals surface area contributed by atoms with Crippen LogP contribution in [0.5, 0.6) is 0 Å². The minimum absolute atomic E-state index is 0.0444. The lowest BCUT2D eigenvalue weighted by Crippen LogP contribution is -2.30. The second-order valence-corrected chi connectivity index (χ2v) is 5.36. The summed E-state index contributed by atoms with van der Waals surface area (Å²) in [4.78, 5) is 28.6. The number of pyridine rings is 1. The second-order valence-electron chi connectivity index (χ2n) is 5.36. The predicted octanol–water partition coefficient (Wildman–Crippen LogP) is 2.77. The number of rotatable bonds is 2. The van der Waals surface area contributed by atoms with Gasteiger partial charge in [0.25, 0.3) is 0 Å². The summed E-state index contributed by atoms with van der Waals surface area (Å²) in [6, 6.07) is 11.1. The van der Waals surface area contributed by atoms with E-state index in [1.807, 2.05) is 37.3 Å². The summed E-state index contributed by atoms with van der Waals surface area (Å²) in [5.74, 6) is -0.368. The van der Waals surface area contributed by atoms with Crippen LogP contribution >= 0.6 is 0 Å². The molecule has 0 bridgehead atoms. The smallest absolute Gasteiger partial charge is 0.228 e. The average Bonchev–Trinajstić information content (AvgIpc) is 2.47. The summed E-state index contributed by atoms with van der Waals surface area (Å²) in [7, 11) is 0. The molecule has 0 aliphatic heterocycles. The molecule has 3 rings (SSSR count). The van der Waals surface area contributed by atoms with Gasteiger partial charge < -0.3 is 5.32 Å². The first-order valence-corrected chi connectivity index (χ1v) is 6.98. The Morgan fingerprint density at radius 3 is 2.86 bits per heavy atom. The molecule has 1 N–H and O–H groups in total. The van der Waals surface area contributed by atoms with E-state index < -0.39 is 0 Å². The van der Waals surface area contributed by atoms with Gasteiger partial charge in [-0.1, -0.05) is 24.3 Å². The van der Waals surface area contributed by atoms with Crippen molar-refractivity contribution in [1.82, 2.24) is 4.98 Å². The van der Waals surface area contributed by atoms with E-state index in [0.717, 1.165) is 22.5 Å². The van der Waals surface area contributed by atoms with Crippen molar-refractivity contribution in [2.75, 3.05) is 5.32 Å². The number of Topliss-reactive ketones (excluding diaryl/α,β-unsaturated/α-hetero) is 1. The zero-order chi connectivity index (χ0) is 14.8. The maximum absolute atomic E-state index is 12.4. The normalized spacial score (nSPS) is 17.2. The van der Waals surface area contributed by atoms with Gasteiger partial charge >= 0.3 is 0 Å². The molecule has 4 nitrogen and oxygen atoms in total.